The Kier molecular flexibility index (Phi) is 5.71. The van der Waals surface area contributed by atoms with E-state index in [0.29, 0.717) is 38.7 Å². The number of anilines is 1. The highest BCUT2D eigenvalue weighted by Gasteiger charge is 2.22. The molecule has 2 saturated heterocycles. The molecule has 2 fully saturated rings. The molecule has 2 aliphatic rings. The van der Waals surface area contributed by atoms with Crippen molar-refractivity contribution in [3.05, 3.63) is 48.7 Å². The zero-order valence-corrected chi connectivity index (χ0v) is 19.1. The number of nitrogens with one attached hydrogen (secondary N) is 1. The van der Waals surface area contributed by atoms with Crippen molar-refractivity contribution in [2.75, 3.05) is 57.5 Å². The minimum atomic E-state index is -0.315. The third-order valence-electron chi connectivity index (χ3n) is 6.16. The van der Waals surface area contributed by atoms with Gasteiger partial charge in [0, 0.05) is 35.6 Å². The molecule has 10 nitrogen and oxygen atoms in total. The summed E-state index contributed by atoms with van der Waals surface area (Å²) in [6.45, 7) is 4.39. The number of morpholine rings is 1. The summed E-state index contributed by atoms with van der Waals surface area (Å²) < 4.78 is 22.6. The van der Waals surface area contributed by atoms with Crippen LogP contribution in [0.15, 0.2) is 48.7 Å². The highest BCUT2D eigenvalue weighted by Crippen LogP contribution is 2.34. The average molecular weight is 476 g/mol. The first-order chi connectivity index (χ1) is 17.2. The SMILES string of the molecule is O=C1OCCN1CCOc1nc(N2CCOCC2)c2cc(Oc3cccc4[nH]ccc34)ccc2n1. The fourth-order valence-corrected chi connectivity index (χ4v) is 4.36. The third-order valence-corrected chi connectivity index (χ3v) is 6.16. The standard InChI is InChI=1S/C25H25N5O5/c31-25-30(11-15-34-25)10-14-33-24-27-21-5-4-17(35-22-3-1-2-20-18(22)6-7-26-20)16-19(21)23(28-24)29-8-12-32-13-9-29/h1-7,16,26H,8-15H2. The maximum absolute atomic E-state index is 11.7. The van der Waals surface area contributed by atoms with E-state index in [2.05, 4.69) is 14.9 Å². The van der Waals surface area contributed by atoms with Crippen molar-refractivity contribution in [1.29, 1.82) is 0 Å². The number of cyclic esters (lactones) is 1. The number of benzene rings is 2. The summed E-state index contributed by atoms with van der Waals surface area (Å²) in [6, 6.07) is 14.0. The zero-order chi connectivity index (χ0) is 23.6. The van der Waals surface area contributed by atoms with Crippen molar-refractivity contribution in [3.8, 4) is 17.5 Å². The van der Waals surface area contributed by atoms with E-state index in [1.54, 1.807) is 4.90 Å². The Labute approximate surface area is 201 Å². The molecule has 4 aromatic rings. The van der Waals surface area contributed by atoms with E-state index in [-0.39, 0.29) is 18.7 Å². The number of rotatable bonds is 7. The van der Waals surface area contributed by atoms with Crippen molar-refractivity contribution >= 4 is 33.7 Å². The van der Waals surface area contributed by atoms with Crippen molar-refractivity contribution in [3.63, 3.8) is 0 Å². The molecule has 1 amide bonds. The minimum absolute atomic E-state index is 0.275. The lowest BCUT2D eigenvalue weighted by Crippen LogP contribution is -2.37. The topological polar surface area (TPSA) is 102 Å². The number of carbonyl (C=O) groups excluding carboxylic acids is 1. The molecule has 0 atom stereocenters. The molecule has 2 aromatic heterocycles. The van der Waals surface area contributed by atoms with Gasteiger partial charge in [-0.15, -0.1) is 0 Å². The van der Waals surface area contributed by atoms with Gasteiger partial charge in [0.1, 0.15) is 30.5 Å². The van der Waals surface area contributed by atoms with Crippen molar-refractivity contribution in [2.45, 2.75) is 0 Å². The molecule has 2 aliphatic heterocycles. The van der Waals surface area contributed by atoms with Gasteiger partial charge >= 0.3 is 12.1 Å². The molecule has 35 heavy (non-hydrogen) atoms. The lowest BCUT2D eigenvalue weighted by molar-refractivity contribution is 0.122. The van der Waals surface area contributed by atoms with Crippen LogP contribution in [0.2, 0.25) is 0 Å². The molecule has 180 valence electrons. The Hall–Kier alpha value is -4.05. The van der Waals surface area contributed by atoms with Gasteiger partial charge in [-0.1, -0.05) is 6.07 Å². The molecule has 1 N–H and O–H groups in total. The van der Waals surface area contributed by atoms with Crippen LogP contribution < -0.4 is 14.4 Å². The first kappa shape index (κ1) is 21.5. The number of fused-ring (bicyclic) bond motifs is 2. The van der Waals surface area contributed by atoms with Gasteiger partial charge in [-0.25, -0.2) is 4.79 Å². The summed E-state index contributed by atoms with van der Waals surface area (Å²) >= 11 is 0. The van der Waals surface area contributed by atoms with Crippen molar-refractivity contribution < 1.29 is 23.7 Å². The lowest BCUT2D eigenvalue weighted by Gasteiger charge is -2.29. The lowest BCUT2D eigenvalue weighted by atomic mass is 10.2. The quantitative estimate of drug-likeness (QED) is 0.433. The van der Waals surface area contributed by atoms with Crippen LogP contribution in [0.4, 0.5) is 10.6 Å². The molecular formula is C25H25N5O5. The van der Waals surface area contributed by atoms with Gasteiger partial charge in [0.05, 0.1) is 31.8 Å². The van der Waals surface area contributed by atoms with Crippen LogP contribution in [0.3, 0.4) is 0 Å². The van der Waals surface area contributed by atoms with Gasteiger partial charge in [0.15, 0.2) is 0 Å². The van der Waals surface area contributed by atoms with E-state index in [9.17, 15) is 4.79 Å². The second kappa shape index (κ2) is 9.30. The van der Waals surface area contributed by atoms with Crippen LogP contribution in [0, 0.1) is 0 Å². The maximum Gasteiger partial charge on any atom is 0.410 e. The van der Waals surface area contributed by atoms with Crippen molar-refractivity contribution in [1.82, 2.24) is 19.9 Å². The summed E-state index contributed by atoms with van der Waals surface area (Å²) in [7, 11) is 0. The Bertz CT molecular complexity index is 1370. The molecular weight excluding hydrogens is 450 g/mol. The molecule has 0 bridgehead atoms. The number of aromatic amines is 1. The predicted molar refractivity (Wildman–Crippen MR) is 129 cm³/mol. The van der Waals surface area contributed by atoms with Crippen molar-refractivity contribution in [2.24, 2.45) is 0 Å². The largest absolute Gasteiger partial charge is 0.462 e. The van der Waals surface area contributed by atoms with Crippen LogP contribution in [0.1, 0.15) is 0 Å². The second-order valence-electron chi connectivity index (χ2n) is 8.36. The smallest absolute Gasteiger partial charge is 0.410 e. The fraction of sp³-hybridized carbons (Fsp3) is 0.320. The Morgan fingerprint density at radius 2 is 1.91 bits per heavy atom. The van der Waals surface area contributed by atoms with Crippen LogP contribution in [0.25, 0.3) is 21.8 Å². The molecule has 0 unspecified atom stereocenters. The number of hydrogen-bond donors (Lipinski definition) is 1. The van der Waals surface area contributed by atoms with Crippen LogP contribution in [0.5, 0.6) is 17.5 Å². The second-order valence-corrected chi connectivity index (χ2v) is 8.36. The summed E-state index contributed by atoms with van der Waals surface area (Å²) in [6.07, 6.45) is 1.58. The molecule has 0 radical (unpaired) electrons. The number of amides is 1. The molecule has 2 aromatic carbocycles. The van der Waals surface area contributed by atoms with E-state index in [0.717, 1.165) is 46.5 Å². The van der Waals surface area contributed by atoms with E-state index in [1.165, 1.54) is 0 Å². The van der Waals surface area contributed by atoms with Crippen LogP contribution >= 0.6 is 0 Å². The molecule has 0 saturated carbocycles. The Balaban J connectivity index is 1.30. The molecule has 10 heteroatoms. The van der Waals surface area contributed by atoms with Gasteiger partial charge in [0.25, 0.3) is 0 Å². The van der Waals surface area contributed by atoms with E-state index in [1.807, 2.05) is 48.7 Å². The van der Waals surface area contributed by atoms with Gasteiger partial charge in [-0.3, -0.25) is 0 Å². The fourth-order valence-electron chi connectivity index (χ4n) is 4.36. The first-order valence-corrected chi connectivity index (χ1v) is 11.7. The minimum Gasteiger partial charge on any atom is -0.462 e. The Morgan fingerprint density at radius 3 is 2.77 bits per heavy atom. The zero-order valence-electron chi connectivity index (χ0n) is 19.1. The molecule has 0 spiro atoms. The molecule has 0 aliphatic carbocycles. The monoisotopic (exact) mass is 475 g/mol. The number of H-pyrrole nitrogens is 1. The number of ether oxygens (including phenoxy) is 4. The van der Waals surface area contributed by atoms with Gasteiger partial charge < -0.3 is 33.7 Å². The number of hydrogen-bond acceptors (Lipinski definition) is 8. The van der Waals surface area contributed by atoms with E-state index < -0.39 is 0 Å². The predicted octanol–water partition coefficient (Wildman–Crippen LogP) is 3.57. The highest BCUT2D eigenvalue weighted by molar-refractivity contribution is 5.91. The maximum atomic E-state index is 11.7. The van der Waals surface area contributed by atoms with Crippen LogP contribution in [-0.2, 0) is 9.47 Å². The van der Waals surface area contributed by atoms with Gasteiger partial charge in [-0.2, -0.15) is 9.97 Å². The molecule has 6 rings (SSSR count). The third kappa shape index (κ3) is 4.40. The molecule has 4 heterocycles. The first-order valence-electron chi connectivity index (χ1n) is 11.7. The van der Waals surface area contributed by atoms with Gasteiger partial charge in [0.2, 0.25) is 0 Å². The summed E-state index contributed by atoms with van der Waals surface area (Å²) in [5.74, 6) is 2.25. The van der Waals surface area contributed by atoms with Crippen LogP contribution in [-0.4, -0.2) is 78.6 Å². The highest BCUT2D eigenvalue weighted by atomic mass is 16.6. The van der Waals surface area contributed by atoms with E-state index >= 15 is 0 Å². The summed E-state index contributed by atoms with van der Waals surface area (Å²) in [4.78, 5) is 28.0. The number of carbonyl (C=O) groups is 1. The normalized spacial score (nSPS) is 16.2. The Morgan fingerprint density at radius 1 is 1.00 bits per heavy atom. The average Bonchev–Trinajstić information content (AvgIpc) is 3.54. The number of nitrogens with zero attached hydrogens (tertiary/aromatic N) is 4. The number of aromatic nitrogens is 3. The van der Waals surface area contributed by atoms with Gasteiger partial charge in [-0.05, 0) is 36.4 Å². The van der Waals surface area contributed by atoms with E-state index in [4.69, 9.17) is 23.9 Å². The summed E-state index contributed by atoms with van der Waals surface area (Å²) in [5, 5.41) is 1.89. The summed E-state index contributed by atoms with van der Waals surface area (Å²) in [5.41, 5.74) is 1.77.